The molecule has 0 aromatic heterocycles. The van der Waals surface area contributed by atoms with Gasteiger partial charge in [-0.1, -0.05) is 35.8 Å². The third-order valence-electron chi connectivity index (χ3n) is 3.42. The fourth-order valence-corrected chi connectivity index (χ4v) is 3.38. The predicted molar refractivity (Wildman–Crippen MR) is 76.8 cm³/mol. The summed E-state index contributed by atoms with van der Waals surface area (Å²) >= 11 is 3.60. The maximum absolute atomic E-state index is 5.76. The van der Waals surface area contributed by atoms with Gasteiger partial charge in [-0.25, -0.2) is 0 Å². The van der Waals surface area contributed by atoms with Crippen LogP contribution < -0.4 is 5.73 Å². The standard InChI is InChI=1S/C14H21BrN2/c1-10-5-11(2)8-17(7-10)9-12-3-4-13(16)6-14(12)15/h3-4,6,10-11H,5,7-9,16H2,1-2H3/t10-,11+. The zero-order valence-electron chi connectivity index (χ0n) is 10.6. The van der Waals surface area contributed by atoms with Gasteiger partial charge in [0.2, 0.25) is 0 Å². The molecule has 1 aliphatic heterocycles. The number of nitrogen functional groups attached to an aromatic ring is 1. The number of piperidine rings is 1. The predicted octanol–water partition coefficient (Wildman–Crippen LogP) is 3.51. The van der Waals surface area contributed by atoms with E-state index < -0.39 is 0 Å². The van der Waals surface area contributed by atoms with Crippen LogP contribution in [-0.4, -0.2) is 18.0 Å². The van der Waals surface area contributed by atoms with Crippen LogP contribution in [0.4, 0.5) is 5.69 Å². The molecule has 17 heavy (non-hydrogen) atoms. The summed E-state index contributed by atoms with van der Waals surface area (Å²) in [5, 5.41) is 0. The highest BCUT2D eigenvalue weighted by atomic mass is 79.9. The minimum absolute atomic E-state index is 0.811. The molecule has 94 valence electrons. The van der Waals surface area contributed by atoms with Gasteiger partial charge in [-0.15, -0.1) is 0 Å². The van der Waals surface area contributed by atoms with Crippen molar-refractivity contribution >= 4 is 21.6 Å². The number of likely N-dealkylation sites (tertiary alicyclic amines) is 1. The Labute approximate surface area is 112 Å². The lowest BCUT2D eigenvalue weighted by molar-refractivity contribution is 0.134. The summed E-state index contributed by atoms with van der Waals surface area (Å²) < 4.78 is 1.13. The van der Waals surface area contributed by atoms with Gasteiger partial charge in [-0.2, -0.15) is 0 Å². The fraction of sp³-hybridized carbons (Fsp3) is 0.571. The lowest BCUT2D eigenvalue weighted by atomic mass is 9.91. The first-order chi connectivity index (χ1) is 8.04. The van der Waals surface area contributed by atoms with Gasteiger partial charge in [0.1, 0.15) is 0 Å². The second-order valence-electron chi connectivity index (χ2n) is 5.49. The molecule has 0 bridgehead atoms. The molecule has 2 rings (SSSR count). The molecule has 2 atom stereocenters. The quantitative estimate of drug-likeness (QED) is 0.846. The van der Waals surface area contributed by atoms with Gasteiger partial charge in [0.25, 0.3) is 0 Å². The van der Waals surface area contributed by atoms with E-state index in [0.717, 1.165) is 28.5 Å². The Morgan fingerprint density at radius 3 is 2.53 bits per heavy atom. The van der Waals surface area contributed by atoms with Crippen molar-refractivity contribution in [2.24, 2.45) is 11.8 Å². The van der Waals surface area contributed by atoms with Crippen LogP contribution in [0.1, 0.15) is 25.8 Å². The summed E-state index contributed by atoms with van der Waals surface area (Å²) in [7, 11) is 0. The summed E-state index contributed by atoms with van der Waals surface area (Å²) in [6.45, 7) is 8.14. The largest absolute Gasteiger partial charge is 0.399 e. The molecule has 0 unspecified atom stereocenters. The second kappa shape index (κ2) is 5.40. The molecule has 1 fully saturated rings. The molecule has 0 radical (unpaired) electrons. The number of anilines is 1. The van der Waals surface area contributed by atoms with Gasteiger partial charge >= 0.3 is 0 Å². The molecular formula is C14H21BrN2. The maximum atomic E-state index is 5.76. The first-order valence-corrected chi connectivity index (χ1v) is 7.10. The van der Waals surface area contributed by atoms with Crippen molar-refractivity contribution in [1.82, 2.24) is 4.90 Å². The highest BCUT2D eigenvalue weighted by Gasteiger charge is 2.22. The molecule has 1 aromatic rings. The Morgan fingerprint density at radius 2 is 1.94 bits per heavy atom. The molecule has 0 amide bonds. The van der Waals surface area contributed by atoms with E-state index in [1.54, 1.807) is 0 Å². The Morgan fingerprint density at radius 1 is 1.29 bits per heavy atom. The van der Waals surface area contributed by atoms with Gasteiger partial charge in [-0.3, -0.25) is 4.90 Å². The number of nitrogens with zero attached hydrogens (tertiary/aromatic N) is 1. The molecule has 1 aromatic carbocycles. The van der Waals surface area contributed by atoms with Gasteiger partial charge in [-0.05, 0) is 36.0 Å². The van der Waals surface area contributed by atoms with Crippen LogP contribution in [0.2, 0.25) is 0 Å². The minimum atomic E-state index is 0.811. The fourth-order valence-electron chi connectivity index (χ4n) is 2.85. The molecule has 1 saturated heterocycles. The first kappa shape index (κ1) is 12.9. The first-order valence-electron chi connectivity index (χ1n) is 6.31. The molecule has 1 heterocycles. The normalized spacial score (nSPS) is 26.1. The number of benzene rings is 1. The summed E-state index contributed by atoms with van der Waals surface area (Å²) in [6.07, 6.45) is 1.36. The molecule has 2 nitrogen and oxygen atoms in total. The van der Waals surface area contributed by atoms with E-state index in [-0.39, 0.29) is 0 Å². The molecular weight excluding hydrogens is 276 g/mol. The lowest BCUT2D eigenvalue weighted by Gasteiger charge is -2.35. The third-order valence-corrected chi connectivity index (χ3v) is 4.15. The number of rotatable bonds is 2. The number of nitrogens with two attached hydrogens (primary N) is 1. The van der Waals surface area contributed by atoms with Crippen LogP contribution in [0.25, 0.3) is 0 Å². The van der Waals surface area contributed by atoms with Crippen LogP contribution >= 0.6 is 15.9 Å². The van der Waals surface area contributed by atoms with E-state index >= 15 is 0 Å². The highest BCUT2D eigenvalue weighted by molar-refractivity contribution is 9.10. The molecule has 0 aliphatic carbocycles. The molecule has 3 heteroatoms. The smallest absolute Gasteiger partial charge is 0.0325 e. The molecule has 2 N–H and O–H groups in total. The zero-order valence-corrected chi connectivity index (χ0v) is 12.2. The van der Waals surface area contributed by atoms with E-state index in [9.17, 15) is 0 Å². The number of hydrogen-bond donors (Lipinski definition) is 1. The van der Waals surface area contributed by atoms with Crippen LogP contribution in [0.3, 0.4) is 0 Å². The third kappa shape index (κ3) is 3.46. The topological polar surface area (TPSA) is 29.3 Å². The maximum Gasteiger partial charge on any atom is 0.0325 e. The van der Waals surface area contributed by atoms with Crippen LogP contribution in [0.5, 0.6) is 0 Å². The van der Waals surface area contributed by atoms with Crippen molar-refractivity contribution in [1.29, 1.82) is 0 Å². The van der Waals surface area contributed by atoms with Gasteiger partial charge < -0.3 is 5.73 Å². The summed E-state index contributed by atoms with van der Waals surface area (Å²) in [6, 6.07) is 6.10. The van der Waals surface area contributed by atoms with Crippen LogP contribution in [0, 0.1) is 11.8 Å². The summed E-state index contributed by atoms with van der Waals surface area (Å²) in [5.74, 6) is 1.62. The van der Waals surface area contributed by atoms with Gasteiger partial charge in [0.15, 0.2) is 0 Å². The monoisotopic (exact) mass is 296 g/mol. The molecule has 1 aliphatic rings. The SMILES string of the molecule is C[C@@H]1C[C@H](C)CN(Cc2ccc(N)cc2Br)C1. The van der Waals surface area contributed by atoms with Crippen molar-refractivity contribution in [3.8, 4) is 0 Å². The Bertz CT molecular complexity index is 382. The van der Waals surface area contributed by atoms with E-state index in [1.165, 1.54) is 25.1 Å². The summed E-state index contributed by atoms with van der Waals surface area (Å²) in [4.78, 5) is 2.55. The van der Waals surface area contributed by atoms with Crippen molar-refractivity contribution in [3.05, 3.63) is 28.2 Å². The Hall–Kier alpha value is -0.540. The van der Waals surface area contributed by atoms with Crippen molar-refractivity contribution in [2.75, 3.05) is 18.8 Å². The van der Waals surface area contributed by atoms with Crippen molar-refractivity contribution in [3.63, 3.8) is 0 Å². The molecule has 0 spiro atoms. The minimum Gasteiger partial charge on any atom is -0.399 e. The Balaban J connectivity index is 2.04. The van der Waals surface area contributed by atoms with E-state index in [0.29, 0.717) is 0 Å². The lowest BCUT2D eigenvalue weighted by Crippen LogP contribution is -2.38. The second-order valence-corrected chi connectivity index (χ2v) is 6.35. The van der Waals surface area contributed by atoms with Crippen molar-refractivity contribution < 1.29 is 0 Å². The van der Waals surface area contributed by atoms with Crippen LogP contribution in [-0.2, 0) is 6.54 Å². The van der Waals surface area contributed by atoms with Crippen molar-refractivity contribution in [2.45, 2.75) is 26.8 Å². The zero-order chi connectivity index (χ0) is 12.4. The van der Waals surface area contributed by atoms with E-state index in [2.05, 4.69) is 40.7 Å². The highest BCUT2D eigenvalue weighted by Crippen LogP contribution is 2.26. The average molecular weight is 297 g/mol. The molecule has 0 saturated carbocycles. The number of hydrogen-bond acceptors (Lipinski definition) is 2. The summed E-state index contributed by atoms with van der Waals surface area (Å²) in [5.41, 5.74) is 7.92. The van der Waals surface area contributed by atoms with Crippen LogP contribution in [0.15, 0.2) is 22.7 Å². The van der Waals surface area contributed by atoms with Gasteiger partial charge in [0, 0.05) is 29.8 Å². The van der Waals surface area contributed by atoms with E-state index in [1.807, 2.05) is 12.1 Å². The van der Waals surface area contributed by atoms with Gasteiger partial charge in [0.05, 0.1) is 0 Å². The van der Waals surface area contributed by atoms with E-state index in [4.69, 9.17) is 5.73 Å². The number of halogens is 1. The average Bonchev–Trinajstić information content (AvgIpc) is 2.21. The Kier molecular flexibility index (Phi) is 4.10.